The summed E-state index contributed by atoms with van der Waals surface area (Å²) in [7, 11) is 0. The van der Waals surface area contributed by atoms with Gasteiger partial charge in [-0.1, -0.05) is 6.07 Å². The van der Waals surface area contributed by atoms with Gasteiger partial charge < -0.3 is 19.3 Å². The highest BCUT2D eigenvalue weighted by Gasteiger charge is 2.41. The molecule has 2 rings (SSSR count). The van der Waals surface area contributed by atoms with Crippen LogP contribution < -0.4 is 4.74 Å². The number of hydrogen-bond donors (Lipinski definition) is 1. The summed E-state index contributed by atoms with van der Waals surface area (Å²) in [5, 5.41) is 9.33. The zero-order valence-electron chi connectivity index (χ0n) is 14.4. The Morgan fingerprint density at radius 3 is 2.69 bits per heavy atom. The Kier molecular flexibility index (Phi) is 6.37. The topological polar surface area (TPSA) is 102 Å². The Morgan fingerprint density at radius 2 is 2.08 bits per heavy atom. The maximum atomic E-state index is 13.2. The first-order valence-corrected chi connectivity index (χ1v) is 8.02. The van der Waals surface area contributed by atoms with E-state index in [4.69, 9.17) is 14.2 Å². The number of ether oxygens (including phenoxy) is 3. The molecule has 0 aromatic heterocycles. The minimum Gasteiger partial charge on any atom is -0.493 e. The number of halogens is 1. The molecule has 1 aliphatic rings. The number of rotatable bonds is 6. The van der Waals surface area contributed by atoms with E-state index in [2.05, 4.69) is 0 Å². The molecule has 3 atom stereocenters. The summed E-state index contributed by atoms with van der Waals surface area (Å²) >= 11 is 0. The molecule has 8 nitrogen and oxygen atoms in total. The normalized spacial score (nSPS) is 20.3. The van der Waals surface area contributed by atoms with Crippen molar-refractivity contribution >= 4 is 18.0 Å². The fourth-order valence-electron chi connectivity index (χ4n) is 2.72. The van der Waals surface area contributed by atoms with Crippen LogP contribution in [0.15, 0.2) is 24.3 Å². The van der Waals surface area contributed by atoms with Gasteiger partial charge in [0, 0.05) is 32.4 Å². The SMILES string of the molecule is CC(=O)O[C@@H](C)OC(=O)N1C[C@@H](COc2cccc(F)c2)C[C@H]1C(=O)O. The van der Waals surface area contributed by atoms with Crippen LogP contribution in [0, 0.1) is 11.7 Å². The summed E-state index contributed by atoms with van der Waals surface area (Å²) in [6.07, 6.45) is -1.85. The van der Waals surface area contributed by atoms with Gasteiger partial charge in [-0.25, -0.2) is 14.0 Å². The Balaban J connectivity index is 1.95. The summed E-state index contributed by atoms with van der Waals surface area (Å²) < 4.78 is 28.3. The number of nitrogens with zero attached hydrogens (tertiary/aromatic N) is 1. The average molecular weight is 369 g/mol. The molecule has 0 spiro atoms. The summed E-state index contributed by atoms with van der Waals surface area (Å²) in [6, 6.07) is 4.51. The minimum absolute atomic E-state index is 0.0951. The lowest BCUT2D eigenvalue weighted by molar-refractivity contribution is -0.164. The molecule has 0 radical (unpaired) electrons. The predicted molar refractivity (Wildman–Crippen MR) is 85.8 cm³/mol. The van der Waals surface area contributed by atoms with E-state index in [0.717, 1.165) is 4.90 Å². The first kappa shape index (κ1) is 19.5. The molecular weight excluding hydrogens is 349 g/mol. The minimum atomic E-state index is -1.17. The van der Waals surface area contributed by atoms with Crippen molar-refractivity contribution in [2.75, 3.05) is 13.2 Å². The monoisotopic (exact) mass is 369 g/mol. The van der Waals surface area contributed by atoms with E-state index in [1.165, 1.54) is 32.0 Å². The van der Waals surface area contributed by atoms with Crippen LogP contribution >= 0.6 is 0 Å². The van der Waals surface area contributed by atoms with Crippen molar-refractivity contribution in [1.82, 2.24) is 4.90 Å². The molecule has 26 heavy (non-hydrogen) atoms. The molecule has 1 amide bonds. The van der Waals surface area contributed by atoms with Gasteiger partial charge in [0.25, 0.3) is 0 Å². The number of esters is 1. The third kappa shape index (κ3) is 5.33. The van der Waals surface area contributed by atoms with Gasteiger partial charge in [0.15, 0.2) is 0 Å². The molecule has 0 unspecified atom stereocenters. The van der Waals surface area contributed by atoms with Crippen LogP contribution in [0.1, 0.15) is 20.3 Å². The van der Waals surface area contributed by atoms with Gasteiger partial charge in [-0.05, 0) is 18.6 Å². The zero-order valence-corrected chi connectivity index (χ0v) is 14.4. The van der Waals surface area contributed by atoms with Gasteiger partial charge in [0.05, 0.1) is 6.61 Å². The fraction of sp³-hybridized carbons (Fsp3) is 0.471. The summed E-state index contributed by atoms with van der Waals surface area (Å²) in [6.45, 7) is 2.74. The van der Waals surface area contributed by atoms with Crippen molar-refractivity contribution in [1.29, 1.82) is 0 Å². The number of amides is 1. The molecule has 1 N–H and O–H groups in total. The highest BCUT2D eigenvalue weighted by molar-refractivity contribution is 5.81. The van der Waals surface area contributed by atoms with Crippen LogP contribution in [0.5, 0.6) is 5.75 Å². The van der Waals surface area contributed by atoms with E-state index < -0.39 is 36.2 Å². The number of likely N-dealkylation sites (tertiary alicyclic amines) is 1. The standard InChI is InChI=1S/C17H20FNO7/c1-10(20)25-11(2)26-17(23)19-8-12(6-15(19)16(21)22)9-24-14-5-3-4-13(18)7-14/h3-5,7,11-12,15H,6,8-9H2,1-2H3,(H,21,22)/t11-,12+,15+/m1/s1. The largest absolute Gasteiger partial charge is 0.493 e. The van der Waals surface area contributed by atoms with E-state index in [1.54, 1.807) is 6.07 Å². The Bertz CT molecular complexity index is 681. The number of carbonyl (C=O) groups is 3. The van der Waals surface area contributed by atoms with E-state index in [-0.39, 0.29) is 25.5 Å². The number of benzene rings is 1. The molecule has 9 heteroatoms. The second-order valence-electron chi connectivity index (χ2n) is 5.94. The summed E-state index contributed by atoms with van der Waals surface area (Å²) in [5.41, 5.74) is 0. The third-order valence-corrected chi connectivity index (χ3v) is 3.79. The lowest BCUT2D eigenvalue weighted by atomic mass is 10.1. The molecule has 0 bridgehead atoms. The van der Waals surface area contributed by atoms with Crippen molar-refractivity contribution in [3.8, 4) is 5.75 Å². The van der Waals surface area contributed by atoms with E-state index in [1.807, 2.05) is 0 Å². The summed E-state index contributed by atoms with van der Waals surface area (Å²) in [4.78, 5) is 35.5. The van der Waals surface area contributed by atoms with Gasteiger partial charge >= 0.3 is 18.0 Å². The first-order valence-electron chi connectivity index (χ1n) is 8.02. The molecule has 1 fully saturated rings. The molecule has 1 aliphatic heterocycles. The lowest BCUT2D eigenvalue weighted by Gasteiger charge is -2.23. The summed E-state index contributed by atoms with van der Waals surface area (Å²) in [5.74, 6) is -2.18. The smallest absolute Gasteiger partial charge is 0.413 e. The second-order valence-corrected chi connectivity index (χ2v) is 5.94. The van der Waals surface area contributed by atoms with Crippen LogP contribution in [0.2, 0.25) is 0 Å². The van der Waals surface area contributed by atoms with Crippen molar-refractivity contribution in [2.24, 2.45) is 5.92 Å². The third-order valence-electron chi connectivity index (χ3n) is 3.79. The number of carboxylic acids is 1. The van der Waals surface area contributed by atoms with Crippen molar-refractivity contribution in [2.45, 2.75) is 32.6 Å². The van der Waals surface area contributed by atoms with Crippen LogP contribution in [0.25, 0.3) is 0 Å². The van der Waals surface area contributed by atoms with Crippen LogP contribution in [-0.2, 0) is 19.1 Å². The van der Waals surface area contributed by atoms with E-state index in [9.17, 15) is 23.9 Å². The molecule has 1 heterocycles. The molecular formula is C17H20FNO7. The van der Waals surface area contributed by atoms with Gasteiger partial charge in [0.1, 0.15) is 17.6 Å². The van der Waals surface area contributed by atoms with Crippen molar-refractivity contribution in [3.05, 3.63) is 30.1 Å². The molecule has 1 aromatic rings. The highest BCUT2D eigenvalue weighted by atomic mass is 19.1. The quantitative estimate of drug-likeness (QED) is 0.604. The average Bonchev–Trinajstić information content (AvgIpc) is 2.97. The second kappa shape index (κ2) is 8.50. The molecule has 1 saturated heterocycles. The Hall–Kier alpha value is -2.84. The van der Waals surface area contributed by atoms with E-state index in [0.29, 0.717) is 5.75 Å². The molecule has 0 saturated carbocycles. The van der Waals surface area contributed by atoms with Gasteiger partial charge in [-0.2, -0.15) is 0 Å². The maximum Gasteiger partial charge on any atom is 0.413 e. The highest BCUT2D eigenvalue weighted by Crippen LogP contribution is 2.26. The van der Waals surface area contributed by atoms with Crippen LogP contribution in [0.4, 0.5) is 9.18 Å². The molecule has 142 valence electrons. The van der Waals surface area contributed by atoms with Crippen LogP contribution in [0.3, 0.4) is 0 Å². The Labute approximate surface area is 149 Å². The zero-order chi connectivity index (χ0) is 19.3. The maximum absolute atomic E-state index is 13.2. The van der Waals surface area contributed by atoms with Gasteiger partial charge in [-0.3, -0.25) is 9.69 Å². The number of aliphatic carboxylic acids is 1. The number of hydrogen-bond acceptors (Lipinski definition) is 6. The van der Waals surface area contributed by atoms with E-state index >= 15 is 0 Å². The number of carbonyl (C=O) groups excluding carboxylic acids is 2. The van der Waals surface area contributed by atoms with Crippen molar-refractivity contribution in [3.63, 3.8) is 0 Å². The number of carboxylic acid groups (broad SMARTS) is 1. The fourth-order valence-corrected chi connectivity index (χ4v) is 2.72. The van der Waals surface area contributed by atoms with Gasteiger partial charge in [0.2, 0.25) is 6.29 Å². The predicted octanol–water partition coefficient (Wildman–Crippen LogP) is 2.03. The lowest BCUT2D eigenvalue weighted by Crippen LogP contribution is -2.42. The molecule has 1 aromatic carbocycles. The van der Waals surface area contributed by atoms with Crippen molar-refractivity contribution < 1.29 is 38.1 Å². The van der Waals surface area contributed by atoms with Gasteiger partial charge in [-0.15, -0.1) is 0 Å². The first-order chi connectivity index (χ1) is 12.3. The molecule has 0 aliphatic carbocycles. The Morgan fingerprint density at radius 1 is 1.35 bits per heavy atom. The van der Waals surface area contributed by atoms with Crippen LogP contribution in [-0.4, -0.2) is 53.5 Å².